The number of ketones is 1. The molecule has 1 saturated heterocycles. The Morgan fingerprint density at radius 2 is 1.89 bits per heavy atom. The second-order valence-electron chi connectivity index (χ2n) is 6.07. The molecule has 0 bridgehead atoms. The fourth-order valence-corrected chi connectivity index (χ4v) is 2.83. The van der Waals surface area contributed by atoms with Crippen molar-refractivity contribution in [3.63, 3.8) is 0 Å². The zero-order valence-corrected chi connectivity index (χ0v) is 14.8. The third-order valence-electron chi connectivity index (χ3n) is 4.36. The second kappa shape index (κ2) is 8.09. The molecule has 28 heavy (non-hydrogen) atoms. The smallest absolute Gasteiger partial charge is 0.325 e. The fraction of sp³-hybridized carbons (Fsp3) is 0.333. The fourth-order valence-electron chi connectivity index (χ4n) is 2.83. The summed E-state index contributed by atoms with van der Waals surface area (Å²) in [7, 11) is 0. The monoisotopic (exact) mass is 394 g/mol. The van der Waals surface area contributed by atoms with Crippen molar-refractivity contribution in [1.29, 1.82) is 0 Å². The number of carbonyl (C=O) groups is 2. The van der Waals surface area contributed by atoms with Gasteiger partial charge in [-0.25, -0.2) is 0 Å². The Morgan fingerprint density at radius 1 is 1.25 bits per heavy atom. The molecule has 0 saturated carbocycles. The van der Waals surface area contributed by atoms with E-state index in [1.54, 1.807) is 12.1 Å². The number of aliphatic hydroxyl groups is 4. The van der Waals surface area contributed by atoms with E-state index in [2.05, 4.69) is 18.5 Å². The van der Waals surface area contributed by atoms with Crippen LogP contribution in [-0.4, -0.2) is 68.5 Å². The number of para-hydroxylation sites is 2. The number of hydrogen-bond donors (Lipinski definition) is 6. The highest BCUT2D eigenvalue weighted by Gasteiger charge is 2.65. The highest BCUT2D eigenvalue weighted by atomic mass is 16.7. The molecule has 1 fully saturated rings. The SMILES string of the molecule is C=CC(=O)N[C@]1(Oc2ccccc2N)O[C@H](CO)[C@](O)(C(=O)C=C)[C@H](O)[C@@H]1O. The number of amides is 1. The summed E-state index contributed by atoms with van der Waals surface area (Å²) in [6.45, 7) is 5.52. The van der Waals surface area contributed by atoms with Gasteiger partial charge in [0.25, 0.3) is 0 Å². The Kier molecular flexibility index (Phi) is 6.22. The first-order chi connectivity index (χ1) is 13.2. The lowest BCUT2D eigenvalue weighted by Gasteiger charge is -2.51. The van der Waals surface area contributed by atoms with Crippen LogP contribution in [0.5, 0.6) is 5.75 Å². The van der Waals surface area contributed by atoms with Crippen LogP contribution in [0.4, 0.5) is 5.69 Å². The van der Waals surface area contributed by atoms with Crippen LogP contribution in [0.2, 0.25) is 0 Å². The van der Waals surface area contributed by atoms with E-state index in [1.807, 2.05) is 0 Å². The van der Waals surface area contributed by atoms with Gasteiger partial charge in [0.05, 0.1) is 12.3 Å². The van der Waals surface area contributed by atoms with Gasteiger partial charge >= 0.3 is 5.91 Å². The number of ether oxygens (including phenoxy) is 2. The van der Waals surface area contributed by atoms with Gasteiger partial charge in [-0.15, -0.1) is 0 Å². The largest absolute Gasteiger partial charge is 0.440 e. The Labute approximate surface area is 160 Å². The molecule has 2 rings (SSSR count). The van der Waals surface area contributed by atoms with E-state index in [0.717, 1.165) is 6.08 Å². The number of carbonyl (C=O) groups excluding carboxylic acids is 2. The number of nitrogens with one attached hydrogen (secondary N) is 1. The second-order valence-corrected chi connectivity index (χ2v) is 6.07. The molecule has 1 aromatic rings. The molecule has 1 aliphatic rings. The number of rotatable bonds is 7. The van der Waals surface area contributed by atoms with Gasteiger partial charge in [-0.3, -0.25) is 14.9 Å². The lowest BCUT2D eigenvalue weighted by molar-refractivity contribution is -0.362. The van der Waals surface area contributed by atoms with Crippen molar-refractivity contribution in [2.24, 2.45) is 0 Å². The predicted octanol–water partition coefficient (Wildman–Crippen LogP) is -1.80. The van der Waals surface area contributed by atoms with Gasteiger partial charge in [-0.2, -0.15) is 0 Å². The lowest BCUT2D eigenvalue weighted by atomic mass is 9.79. The van der Waals surface area contributed by atoms with E-state index >= 15 is 0 Å². The first-order valence-electron chi connectivity index (χ1n) is 8.18. The van der Waals surface area contributed by atoms with Crippen LogP contribution in [0, 0.1) is 0 Å². The van der Waals surface area contributed by atoms with Gasteiger partial charge in [-0.05, 0) is 24.3 Å². The summed E-state index contributed by atoms with van der Waals surface area (Å²) < 4.78 is 11.0. The molecular formula is C18H22N2O8. The molecule has 0 radical (unpaired) electrons. The number of nitrogens with two attached hydrogens (primary N) is 1. The summed E-state index contributed by atoms with van der Waals surface area (Å²) in [5, 5.41) is 43.6. The minimum atomic E-state index is -2.75. The van der Waals surface area contributed by atoms with Crippen LogP contribution in [-0.2, 0) is 14.3 Å². The van der Waals surface area contributed by atoms with Crippen molar-refractivity contribution in [2.75, 3.05) is 12.3 Å². The maximum Gasteiger partial charge on any atom is 0.325 e. The molecule has 5 atom stereocenters. The summed E-state index contributed by atoms with van der Waals surface area (Å²) in [4.78, 5) is 24.1. The number of nitrogen functional groups attached to an aromatic ring is 1. The highest BCUT2D eigenvalue weighted by Crippen LogP contribution is 2.38. The molecular weight excluding hydrogens is 372 g/mol. The predicted molar refractivity (Wildman–Crippen MR) is 96.7 cm³/mol. The molecule has 1 aromatic carbocycles. The number of aliphatic hydroxyl groups excluding tert-OH is 3. The molecule has 0 spiro atoms. The highest BCUT2D eigenvalue weighted by molar-refractivity contribution is 5.98. The van der Waals surface area contributed by atoms with E-state index in [4.69, 9.17) is 15.2 Å². The van der Waals surface area contributed by atoms with E-state index in [0.29, 0.717) is 6.08 Å². The molecule has 1 aliphatic heterocycles. The molecule has 1 amide bonds. The van der Waals surface area contributed by atoms with Crippen LogP contribution >= 0.6 is 0 Å². The van der Waals surface area contributed by atoms with Crippen LogP contribution < -0.4 is 15.8 Å². The van der Waals surface area contributed by atoms with Gasteiger partial charge in [0.2, 0.25) is 5.91 Å². The Bertz CT molecular complexity index is 781. The normalized spacial score (nSPS) is 32.2. The minimum absolute atomic E-state index is 0.0460. The number of benzene rings is 1. The van der Waals surface area contributed by atoms with E-state index < -0.39 is 48.1 Å². The summed E-state index contributed by atoms with van der Waals surface area (Å²) in [6.07, 6.45) is -4.68. The van der Waals surface area contributed by atoms with Crippen molar-refractivity contribution >= 4 is 17.4 Å². The molecule has 0 unspecified atom stereocenters. The van der Waals surface area contributed by atoms with Gasteiger partial charge in [0.15, 0.2) is 17.5 Å². The van der Waals surface area contributed by atoms with E-state index in [9.17, 15) is 30.0 Å². The summed E-state index contributed by atoms with van der Waals surface area (Å²) in [5.41, 5.74) is 3.16. The van der Waals surface area contributed by atoms with Crippen molar-refractivity contribution in [2.45, 2.75) is 29.8 Å². The Hall–Kier alpha value is -2.76. The maximum absolute atomic E-state index is 12.1. The Balaban J connectivity index is 2.57. The standard InChI is InChI=1S/C18H22N2O8/c1-3-12(22)17(26)13(9-21)28-18(16(25)15(17)24,20-14(23)4-2)27-11-8-6-5-7-10(11)19/h3-8,13,15-16,21,24-26H,1-2,9,19H2,(H,20,23)/t13-,15-,16+,17-,18-/m1/s1. The number of hydrogen-bond acceptors (Lipinski definition) is 9. The van der Waals surface area contributed by atoms with Crippen molar-refractivity contribution in [3.05, 3.63) is 49.6 Å². The minimum Gasteiger partial charge on any atom is -0.440 e. The Morgan fingerprint density at radius 3 is 2.43 bits per heavy atom. The van der Waals surface area contributed by atoms with E-state index in [-0.39, 0.29) is 11.4 Å². The molecule has 0 aliphatic carbocycles. The maximum atomic E-state index is 12.1. The van der Waals surface area contributed by atoms with E-state index in [1.165, 1.54) is 12.1 Å². The summed E-state index contributed by atoms with van der Waals surface area (Å²) in [6, 6.07) is 6.00. The number of anilines is 1. The summed E-state index contributed by atoms with van der Waals surface area (Å²) >= 11 is 0. The first-order valence-corrected chi connectivity index (χ1v) is 8.18. The third-order valence-corrected chi connectivity index (χ3v) is 4.36. The molecule has 1 heterocycles. The van der Waals surface area contributed by atoms with Crippen molar-refractivity contribution < 1.29 is 39.5 Å². The average molecular weight is 394 g/mol. The molecule has 10 nitrogen and oxygen atoms in total. The van der Waals surface area contributed by atoms with Crippen molar-refractivity contribution in [3.8, 4) is 5.75 Å². The third kappa shape index (κ3) is 3.51. The van der Waals surface area contributed by atoms with Crippen LogP contribution in [0.25, 0.3) is 0 Å². The van der Waals surface area contributed by atoms with Gasteiger partial charge in [0, 0.05) is 0 Å². The molecule has 10 heteroatoms. The topological polar surface area (TPSA) is 172 Å². The summed E-state index contributed by atoms with van der Waals surface area (Å²) in [5.74, 6) is -4.55. The quantitative estimate of drug-likeness (QED) is 0.177. The molecule has 152 valence electrons. The van der Waals surface area contributed by atoms with Crippen LogP contribution in [0.3, 0.4) is 0 Å². The molecule has 7 N–H and O–H groups in total. The zero-order valence-electron chi connectivity index (χ0n) is 14.8. The van der Waals surface area contributed by atoms with Crippen molar-refractivity contribution in [1.82, 2.24) is 5.32 Å². The van der Waals surface area contributed by atoms with Crippen LogP contribution in [0.15, 0.2) is 49.6 Å². The van der Waals surface area contributed by atoms with Crippen LogP contribution in [0.1, 0.15) is 0 Å². The first kappa shape index (κ1) is 21.5. The zero-order chi connectivity index (χ0) is 21.1. The molecule has 0 aromatic heterocycles. The van der Waals surface area contributed by atoms with Gasteiger partial charge in [-0.1, -0.05) is 25.3 Å². The van der Waals surface area contributed by atoms with Gasteiger partial charge in [0.1, 0.15) is 18.0 Å². The lowest BCUT2D eigenvalue weighted by Crippen LogP contribution is -2.79. The van der Waals surface area contributed by atoms with Gasteiger partial charge < -0.3 is 35.6 Å². The average Bonchev–Trinajstić information content (AvgIpc) is 2.70.